The Labute approximate surface area is 118 Å². The molecule has 112 valence electrons. The molecule has 1 fully saturated rings. The van der Waals surface area contributed by atoms with Crippen molar-refractivity contribution in [2.45, 2.75) is 50.7 Å². The average molecular weight is 285 g/mol. The average Bonchev–Trinajstić information content (AvgIpc) is 2.46. The molecule has 1 saturated carbocycles. The zero-order chi connectivity index (χ0) is 14.8. The molecule has 0 N–H and O–H groups in total. The molecule has 0 heterocycles. The van der Waals surface area contributed by atoms with E-state index in [1.165, 1.54) is 12.1 Å². The van der Waals surface area contributed by atoms with Gasteiger partial charge in [0.05, 0.1) is 5.56 Å². The number of hydrogen-bond donors (Lipinski definition) is 0. The molecule has 2 atom stereocenters. The Hall–Kier alpha value is -1.03. The number of alkyl halides is 3. The van der Waals surface area contributed by atoms with Crippen molar-refractivity contribution in [2.24, 2.45) is 0 Å². The molecule has 0 bridgehead atoms. The topological polar surface area (TPSA) is 3.24 Å². The van der Waals surface area contributed by atoms with Crippen molar-refractivity contribution in [1.29, 1.82) is 0 Å². The van der Waals surface area contributed by atoms with Crippen LogP contribution in [0.5, 0.6) is 0 Å². The molecule has 0 unspecified atom stereocenters. The summed E-state index contributed by atoms with van der Waals surface area (Å²) in [4.78, 5) is 2.31. The van der Waals surface area contributed by atoms with Crippen molar-refractivity contribution in [2.75, 3.05) is 13.6 Å². The molecule has 1 aromatic carbocycles. The number of benzene rings is 1. The fourth-order valence-electron chi connectivity index (χ4n) is 3.09. The quantitative estimate of drug-likeness (QED) is 0.779. The van der Waals surface area contributed by atoms with Crippen molar-refractivity contribution in [1.82, 2.24) is 4.90 Å². The summed E-state index contributed by atoms with van der Waals surface area (Å²) in [5, 5.41) is 0. The normalized spacial score (nSPS) is 24.1. The van der Waals surface area contributed by atoms with Crippen molar-refractivity contribution >= 4 is 0 Å². The predicted molar refractivity (Wildman–Crippen MR) is 74.7 cm³/mol. The van der Waals surface area contributed by atoms with Crippen molar-refractivity contribution in [3.8, 4) is 0 Å². The van der Waals surface area contributed by atoms with E-state index in [-0.39, 0.29) is 5.92 Å². The fraction of sp³-hybridized carbons (Fsp3) is 0.625. The van der Waals surface area contributed by atoms with Crippen LogP contribution in [0.4, 0.5) is 13.2 Å². The summed E-state index contributed by atoms with van der Waals surface area (Å²) in [6.07, 6.45) is -0.0407. The monoisotopic (exact) mass is 285 g/mol. The van der Waals surface area contributed by atoms with E-state index in [2.05, 4.69) is 18.9 Å². The molecule has 0 aliphatic heterocycles. The van der Waals surface area contributed by atoms with Crippen LogP contribution >= 0.6 is 0 Å². The first-order valence-corrected chi connectivity index (χ1v) is 7.29. The van der Waals surface area contributed by atoms with Crippen molar-refractivity contribution in [3.63, 3.8) is 0 Å². The molecule has 0 spiro atoms. The highest BCUT2D eigenvalue weighted by Crippen LogP contribution is 2.37. The molecule has 2 rings (SSSR count). The predicted octanol–water partition coefficient (Wildman–Crippen LogP) is 4.68. The highest BCUT2D eigenvalue weighted by Gasteiger charge is 2.32. The van der Waals surface area contributed by atoms with E-state index in [0.29, 0.717) is 6.04 Å². The van der Waals surface area contributed by atoms with Gasteiger partial charge in [0.25, 0.3) is 0 Å². The number of rotatable bonds is 3. The minimum atomic E-state index is -4.25. The van der Waals surface area contributed by atoms with E-state index in [1.807, 2.05) is 6.07 Å². The Kier molecular flexibility index (Phi) is 4.74. The van der Waals surface area contributed by atoms with Crippen LogP contribution in [0.3, 0.4) is 0 Å². The maximum atomic E-state index is 12.8. The highest BCUT2D eigenvalue weighted by molar-refractivity contribution is 5.28. The van der Waals surface area contributed by atoms with E-state index in [4.69, 9.17) is 0 Å². The van der Waals surface area contributed by atoms with Gasteiger partial charge in [0.15, 0.2) is 0 Å². The molecule has 20 heavy (non-hydrogen) atoms. The van der Waals surface area contributed by atoms with Crippen LogP contribution in [0.2, 0.25) is 0 Å². The van der Waals surface area contributed by atoms with Gasteiger partial charge in [0.2, 0.25) is 0 Å². The van der Waals surface area contributed by atoms with Gasteiger partial charge in [0.1, 0.15) is 0 Å². The van der Waals surface area contributed by atoms with E-state index >= 15 is 0 Å². The van der Waals surface area contributed by atoms with E-state index in [1.54, 1.807) is 0 Å². The van der Waals surface area contributed by atoms with Gasteiger partial charge in [-0.1, -0.05) is 31.5 Å². The third-order valence-corrected chi connectivity index (χ3v) is 4.45. The number of halogens is 3. The second-order valence-electron chi connectivity index (χ2n) is 5.71. The van der Waals surface area contributed by atoms with Crippen molar-refractivity contribution in [3.05, 3.63) is 35.4 Å². The second kappa shape index (κ2) is 6.17. The van der Waals surface area contributed by atoms with Gasteiger partial charge >= 0.3 is 6.18 Å². The molecule has 0 radical (unpaired) electrons. The van der Waals surface area contributed by atoms with Crippen LogP contribution in [0, 0.1) is 0 Å². The van der Waals surface area contributed by atoms with E-state index in [9.17, 15) is 13.2 Å². The summed E-state index contributed by atoms with van der Waals surface area (Å²) < 4.78 is 38.4. The highest BCUT2D eigenvalue weighted by atomic mass is 19.4. The van der Waals surface area contributed by atoms with Crippen LogP contribution in [0.1, 0.15) is 49.7 Å². The summed E-state index contributed by atoms with van der Waals surface area (Å²) in [5.74, 6) is 0.255. The van der Waals surface area contributed by atoms with Gasteiger partial charge in [-0.25, -0.2) is 0 Å². The number of nitrogens with zero attached hydrogens (tertiary/aromatic N) is 1. The Morgan fingerprint density at radius 3 is 2.65 bits per heavy atom. The largest absolute Gasteiger partial charge is 0.416 e. The van der Waals surface area contributed by atoms with Crippen LogP contribution in [-0.4, -0.2) is 24.5 Å². The first kappa shape index (κ1) is 15.4. The summed E-state index contributed by atoms with van der Waals surface area (Å²) in [5.41, 5.74) is 0.315. The summed E-state index contributed by atoms with van der Waals surface area (Å²) in [6.45, 7) is 3.11. The molecular weight excluding hydrogens is 263 g/mol. The van der Waals surface area contributed by atoms with Crippen LogP contribution < -0.4 is 0 Å². The first-order chi connectivity index (χ1) is 9.41. The van der Waals surface area contributed by atoms with Gasteiger partial charge in [-0.05, 0) is 50.4 Å². The second-order valence-corrected chi connectivity index (χ2v) is 5.71. The van der Waals surface area contributed by atoms with E-state index in [0.717, 1.165) is 43.9 Å². The lowest BCUT2D eigenvalue weighted by atomic mass is 9.80. The first-order valence-electron chi connectivity index (χ1n) is 7.29. The lowest BCUT2D eigenvalue weighted by molar-refractivity contribution is -0.137. The maximum absolute atomic E-state index is 12.8. The van der Waals surface area contributed by atoms with Gasteiger partial charge in [-0.2, -0.15) is 13.2 Å². The number of hydrogen-bond acceptors (Lipinski definition) is 1. The lowest BCUT2D eigenvalue weighted by Crippen LogP contribution is -2.35. The van der Waals surface area contributed by atoms with Gasteiger partial charge < -0.3 is 4.90 Å². The fourth-order valence-corrected chi connectivity index (χ4v) is 3.09. The SMILES string of the molecule is CCN(C)[C@@H]1CCC[C@H](c2cccc(C(F)(F)F)c2)C1. The smallest absolute Gasteiger partial charge is 0.304 e. The Morgan fingerprint density at radius 1 is 1.25 bits per heavy atom. The third kappa shape index (κ3) is 3.54. The minimum Gasteiger partial charge on any atom is -0.304 e. The third-order valence-electron chi connectivity index (χ3n) is 4.45. The van der Waals surface area contributed by atoms with Crippen LogP contribution in [0.25, 0.3) is 0 Å². The van der Waals surface area contributed by atoms with Crippen LogP contribution in [-0.2, 0) is 6.18 Å². The lowest BCUT2D eigenvalue weighted by Gasteiger charge is -2.35. The summed E-state index contributed by atoms with van der Waals surface area (Å²) in [7, 11) is 2.10. The Balaban J connectivity index is 2.15. The zero-order valence-electron chi connectivity index (χ0n) is 12.1. The molecule has 0 amide bonds. The molecule has 1 nitrogen and oxygen atoms in total. The maximum Gasteiger partial charge on any atom is 0.416 e. The Bertz CT molecular complexity index is 442. The molecule has 0 saturated heterocycles. The van der Waals surface area contributed by atoms with E-state index < -0.39 is 11.7 Å². The van der Waals surface area contributed by atoms with Gasteiger partial charge in [0, 0.05) is 6.04 Å². The van der Waals surface area contributed by atoms with Crippen molar-refractivity contribution < 1.29 is 13.2 Å². The molecule has 1 aliphatic rings. The molecule has 1 aliphatic carbocycles. The standard InChI is InChI=1S/C16H22F3N/c1-3-20(2)15-9-5-7-13(11-15)12-6-4-8-14(10-12)16(17,18)19/h4,6,8,10,13,15H,3,5,7,9,11H2,1-2H3/t13-,15+/m0/s1. The van der Waals surface area contributed by atoms with Gasteiger partial charge in [-0.15, -0.1) is 0 Å². The molecule has 4 heteroatoms. The van der Waals surface area contributed by atoms with Crippen LogP contribution in [0.15, 0.2) is 24.3 Å². The van der Waals surface area contributed by atoms with Gasteiger partial charge in [-0.3, -0.25) is 0 Å². The zero-order valence-corrected chi connectivity index (χ0v) is 12.1. The Morgan fingerprint density at radius 2 is 2.00 bits per heavy atom. The summed E-state index contributed by atoms with van der Waals surface area (Å²) >= 11 is 0. The molecular formula is C16H22F3N. The molecule has 0 aromatic heterocycles. The molecule has 1 aromatic rings. The minimum absolute atomic E-state index is 0.255. The summed E-state index contributed by atoms with van der Waals surface area (Å²) in [6, 6.07) is 6.36.